The van der Waals surface area contributed by atoms with E-state index in [0.29, 0.717) is 16.6 Å². The van der Waals surface area contributed by atoms with Crippen molar-refractivity contribution < 1.29 is 4.74 Å². The first-order valence-electron chi connectivity index (χ1n) is 5.20. The summed E-state index contributed by atoms with van der Waals surface area (Å²) in [6.07, 6.45) is 3.17. The maximum Gasteiger partial charge on any atom is 0.182 e. The van der Waals surface area contributed by atoms with Crippen LogP contribution < -0.4 is 4.74 Å². The van der Waals surface area contributed by atoms with Crippen LogP contribution in [0.4, 0.5) is 0 Å². The molecule has 0 aliphatic rings. The molecule has 3 aromatic rings. The van der Waals surface area contributed by atoms with E-state index in [1.807, 2.05) is 12.1 Å². The predicted molar refractivity (Wildman–Crippen MR) is 66.6 cm³/mol. The maximum atomic E-state index is 5.79. The number of aromatic nitrogens is 4. The standard InChI is InChI=1S/C12H8ClN4O/c1-18-9-4-2-3-8(5-9)12-15-11-6-14-10(13)7-17(11)16-12/h2,4-7H,1H3. The van der Waals surface area contributed by atoms with Crippen LogP contribution in [0.15, 0.2) is 30.6 Å². The average Bonchev–Trinajstić information content (AvgIpc) is 2.81. The van der Waals surface area contributed by atoms with E-state index in [1.165, 1.54) is 0 Å². The summed E-state index contributed by atoms with van der Waals surface area (Å²) in [5, 5.41) is 4.68. The third-order valence-electron chi connectivity index (χ3n) is 2.44. The molecule has 18 heavy (non-hydrogen) atoms. The molecule has 0 aliphatic heterocycles. The molecule has 3 rings (SSSR count). The predicted octanol–water partition coefficient (Wildman–Crippen LogP) is 2.25. The summed E-state index contributed by atoms with van der Waals surface area (Å²) in [7, 11) is 1.61. The number of ether oxygens (including phenoxy) is 1. The van der Waals surface area contributed by atoms with Gasteiger partial charge in [-0.15, -0.1) is 5.10 Å². The molecule has 0 bridgehead atoms. The Labute approximate surface area is 108 Å². The molecule has 0 atom stereocenters. The van der Waals surface area contributed by atoms with E-state index in [1.54, 1.807) is 30.1 Å². The van der Waals surface area contributed by atoms with Gasteiger partial charge in [0.2, 0.25) is 0 Å². The first kappa shape index (κ1) is 11.0. The Bertz CT molecular complexity index is 710. The van der Waals surface area contributed by atoms with Gasteiger partial charge in [0.15, 0.2) is 11.5 Å². The lowest BCUT2D eigenvalue weighted by atomic mass is 10.2. The second-order valence-electron chi connectivity index (χ2n) is 3.59. The Hall–Kier alpha value is -2.14. The molecule has 1 radical (unpaired) electrons. The summed E-state index contributed by atoms with van der Waals surface area (Å²) in [4.78, 5) is 8.30. The minimum atomic E-state index is 0.369. The van der Waals surface area contributed by atoms with E-state index in [4.69, 9.17) is 16.3 Å². The Morgan fingerprint density at radius 1 is 1.44 bits per heavy atom. The highest BCUT2D eigenvalue weighted by atomic mass is 35.5. The Kier molecular flexibility index (Phi) is 2.60. The van der Waals surface area contributed by atoms with E-state index in [-0.39, 0.29) is 0 Å². The van der Waals surface area contributed by atoms with Crippen molar-refractivity contribution in [1.82, 2.24) is 19.6 Å². The van der Waals surface area contributed by atoms with Gasteiger partial charge in [-0.1, -0.05) is 11.6 Å². The fraction of sp³-hybridized carbons (Fsp3) is 0.0833. The number of hydrogen-bond donors (Lipinski definition) is 0. The topological polar surface area (TPSA) is 52.3 Å². The van der Waals surface area contributed by atoms with Crippen molar-refractivity contribution in [3.63, 3.8) is 0 Å². The Morgan fingerprint density at radius 3 is 3.17 bits per heavy atom. The summed E-state index contributed by atoms with van der Waals surface area (Å²) in [6.45, 7) is 0. The molecule has 2 heterocycles. The van der Waals surface area contributed by atoms with E-state index in [9.17, 15) is 0 Å². The van der Waals surface area contributed by atoms with Crippen molar-refractivity contribution in [1.29, 1.82) is 0 Å². The lowest BCUT2D eigenvalue weighted by molar-refractivity contribution is 0.415. The van der Waals surface area contributed by atoms with Gasteiger partial charge >= 0.3 is 0 Å². The first-order chi connectivity index (χ1) is 8.76. The summed E-state index contributed by atoms with van der Waals surface area (Å²) < 4.78 is 6.74. The molecule has 0 fully saturated rings. The second kappa shape index (κ2) is 4.27. The van der Waals surface area contributed by atoms with Crippen LogP contribution in [0.3, 0.4) is 0 Å². The molecule has 0 saturated carbocycles. The molecular formula is C12H8ClN4O. The minimum Gasteiger partial charge on any atom is -0.497 e. The zero-order valence-corrected chi connectivity index (χ0v) is 10.2. The van der Waals surface area contributed by atoms with Crippen molar-refractivity contribution >= 4 is 17.2 Å². The van der Waals surface area contributed by atoms with E-state index >= 15 is 0 Å². The summed E-state index contributed by atoms with van der Waals surface area (Å²) in [6, 6.07) is 8.47. The highest BCUT2D eigenvalue weighted by molar-refractivity contribution is 6.29. The van der Waals surface area contributed by atoms with Gasteiger partial charge in [0.05, 0.1) is 19.5 Å². The number of hydrogen-bond acceptors (Lipinski definition) is 4. The molecule has 0 saturated heterocycles. The van der Waals surface area contributed by atoms with Crippen LogP contribution in [0.1, 0.15) is 0 Å². The van der Waals surface area contributed by atoms with Gasteiger partial charge in [0.1, 0.15) is 10.9 Å². The molecule has 0 amide bonds. The van der Waals surface area contributed by atoms with Gasteiger partial charge in [-0.2, -0.15) is 0 Å². The molecule has 0 aliphatic carbocycles. The normalized spacial score (nSPS) is 10.8. The molecule has 5 nitrogen and oxygen atoms in total. The largest absolute Gasteiger partial charge is 0.497 e. The zero-order chi connectivity index (χ0) is 12.5. The van der Waals surface area contributed by atoms with Crippen molar-refractivity contribution in [3.05, 3.63) is 41.8 Å². The lowest BCUT2D eigenvalue weighted by Crippen LogP contribution is -1.88. The van der Waals surface area contributed by atoms with Gasteiger partial charge in [0, 0.05) is 5.56 Å². The average molecular weight is 260 g/mol. The van der Waals surface area contributed by atoms with Crippen LogP contribution in [-0.2, 0) is 0 Å². The van der Waals surface area contributed by atoms with Crippen LogP contribution in [0.2, 0.25) is 5.15 Å². The number of rotatable bonds is 2. The minimum absolute atomic E-state index is 0.369. The third kappa shape index (κ3) is 1.89. The molecular weight excluding hydrogens is 252 g/mol. The van der Waals surface area contributed by atoms with Gasteiger partial charge in [-0.3, -0.25) is 0 Å². The van der Waals surface area contributed by atoms with Crippen molar-refractivity contribution in [2.75, 3.05) is 7.11 Å². The van der Waals surface area contributed by atoms with Crippen LogP contribution in [0.25, 0.3) is 17.0 Å². The SMILES string of the molecule is COc1cc[c]c(-c2nc3cnc(Cl)cn3n2)c1. The van der Waals surface area contributed by atoms with Crippen LogP contribution in [0.5, 0.6) is 5.75 Å². The Balaban J connectivity index is 2.13. The number of fused-ring (bicyclic) bond motifs is 1. The number of halogens is 1. The highest BCUT2D eigenvalue weighted by Crippen LogP contribution is 2.21. The van der Waals surface area contributed by atoms with Gasteiger partial charge in [0.25, 0.3) is 0 Å². The van der Waals surface area contributed by atoms with Crippen molar-refractivity contribution in [2.45, 2.75) is 0 Å². The fourth-order valence-corrected chi connectivity index (χ4v) is 1.73. The van der Waals surface area contributed by atoms with Crippen LogP contribution in [0, 0.1) is 6.07 Å². The highest BCUT2D eigenvalue weighted by Gasteiger charge is 2.08. The third-order valence-corrected chi connectivity index (χ3v) is 2.63. The van der Waals surface area contributed by atoms with Crippen LogP contribution >= 0.6 is 11.6 Å². The molecule has 0 spiro atoms. The molecule has 1 aromatic carbocycles. The monoisotopic (exact) mass is 259 g/mol. The molecule has 89 valence electrons. The van der Waals surface area contributed by atoms with E-state index in [2.05, 4.69) is 21.1 Å². The summed E-state index contributed by atoms with van der Waals surface area (Å²) >= 11 is 5.79. The van der Waals surface area contributed by atoms with Crippen molar-refractivity contribution in [3.8, 4) is 17.1 Å². The molecule has 0 N–H and O–H groups in total. The number of benzene rings is 1. The lowest BCUT2D eigenvalue weighted by Gasteiger charge is -1.99. The smallest absolute Gasteiger partial charge is 0.182 e. The molecule has 2 aromatic heterocycles. The second-order valence-corrected chi connectivity index (χ2v) is 3.98. The summed E-state index contributed by atoms with van der Waals surface area (Å²) in [5.41, 5.74) is 1.39. The van der Waals surface area contributed by atoms with Gasteiger partial charge in [-0.25, -0.2) is 14.5 Å². The van der Waals surface area contributed by atoms with Gasteiger partial charge < -0.3 is 4.74 Å². The maximum absolute atomic E-state index is 5.79. The Morgan fingerprint density at radius 2 is 2.33 bits per heavy atom. The van der Waals surface area contributed by atoms with E-state index < -0.39 is 0 Å². The molecule has 0 unspecified atom stereocenters. The van der Waals surface area contributed by atoms with E-state index in [0.717, 1.165) is 11.3 Å². The summed E-state index contributed by atoms with van der Waals surface area (Å²) in [5.74, 6) is 1.29. The van der Waals surface area contributed by atoms with Crippen LogP contribution in [-0.4, -0.2) is 26.7 Å². The van der Waals surface area contributed by atoms with Gasteiger partial charge in [-0.05, 0) is 24.3 Å². The fourth-order valence-electron chi connectivity index (χ4n) is 1.59. The van der Waals surface area contributed by atoms with Crippen molar-refractivity contribution in [2.24, 2.45) is 0 Å². The first-order valence-corrected chi connectivity index (χ1v) is 5.58. The number of nitrogens with zero attached hydrogens (tertiary/aromatic N) is 4. The zero-order valence-electron chi connectivity index (χ0n) is 9.46. The molecule has 6 heteroatoms. The quantitative estimate of drug-likeness (QED) is 0.708. The number of methoxy groups -OCH3 is 1.